The zero-order valence-electron chi connectivity index (χ0n) is 8.64. The molecule has 92 valence electrons. The Kier molecular flexibility index (Phi) is 3.94. The second-order valence-electron chi connectivity index (χ2n) is 3.13. The monoisotopic (exact) mass is 243 g/mol. The SMILES string of the molecule is NCCNc1cc(F)c(C(=O)O)cc1[N+](=O)[O-]. The minimum absolute atomic E-state index is 0.0945. The van der Waals surface area contributed by atoms with Crippen molar-refractivity contribution < 1.29 is 19.2 Å². The fourth-order valence-electron chi connectivity index (χ4n) is 1.23. The highest BCUT2D eigenvalue weighted by Crippen LogP contribution is 2.27. The number of nitro benzene ring substituents is 1. The van der Waals surface area contributed by atoms with Gasteiger partial charge in [-0.15, -0.1) is 0 Å². The predicted octanol–water partition coefficient (Wildman–Crippen LogP) is 0.803. The first kappa shape index (κ1) is 12.8. The highest BCUT2D eigenvalue weighted by molar-refractivity contribution is 5.90. The third kappa shape index (κ3) is 2.88. The average Bonchev–Trinajstić information content (AvgIpc) is 2.25. The second-order valence-corrected chi connectivity index (χ2v) is 3.13. The van der Waals surface area contributed by atoms with Crippen molar-refractivity contribution in [2.24, 2.45) is 5.73 Å². The molecular weight excluding hydrogens is 233 g/mol. The van der Waals surface area contributed by atoms with Gasteiger partial charge in [-0.1, -0.05) is 0 Å². The van der Waals surface area contributed by atoms with Crippen LogP contribution in [0, 0.1) is 15.9 Å². The molecule has 0 fully saturated rings. The Labute approximate surface area is 95.2 Å². The first-order chi connectivity index (χ1) is 7.97. The van der Waals surface area contributed by atoms with Gasteiger partial charge in [0.15, 0.2) is 0 Å². The Hall–Kier alpha value is -2.22. The van der Waals surface area contributed by atoms with Crippen LogP contribution in [0.25, 0.3) is 0 Å². The Morgan fingerprint density at radius 1 is 1.59 bits per heavy atom. The van der Waals surface area contributed by atoms with Gasteiger partial charge in [0.1, 0.15) is 17.1 Å². The first-order valence-electron chi connectivity index (χ1n) is 4.62. The molecule has 17 heavy (non-hydrogen) atoms. The molecule has 4 N–H and O–H groups in total. The molecule has 0 radical (unpaired) electrons. The van der Waals surface area contributed by atoms with Crippen LogP contribution in [0.2, 0.25) is 0 Å². The van der Waals surface area contributed by atoms with E-state index in [1.807, 2.05) is 0 Å². The van der Waals surface area contributed by atoms with Gasteiger partial charge < -0.3 is 16.2 Å². The Morgan fingerprint density at radius 2 is 2.24 bits per heavy atom. The normalized spacial score (nSPS) is 10.0. The molecule has 0 aliphatic heterocycles. The van der Waals surface area contributed by atoms with Crippen molar-refractivity contribution in [3.8, 4) is 0 Å². The minimum atomic E-state index is -1.56. The third-order valence-corrected chi connectivity index (χ3v) is 1.97. The number of halogens is 1. The van der Waals surface area contributed by atoms with Gasteiger partial charge in [-0.25, -0.2) is 9.18 Å². The molecule has 0 heterocycles. The molecule has 1 aromatic rings. The summed E-state index contributed by atoms with van der Waals surface area (Å²) in [6.45, 7) is 0.423. The summed E-state index contributed by atoms with van der Waals surface area (Å²) < 4.78 is 13.3. The van der Waals surface area contributed by atoms with Crippen LogP contribution in [0.5, 0.6) is 0 Å². The molecule has 1 aromatic carbocycles. The highest BCUT2D eigenvalue weighted by atomic mass is 19.1. The number of rotatable bonds is 5. The van der Waals surface area contributed by atoms with Crippen LogP contribution in [0.4, 0.5) is 15.8 Å². The van der Waals surface area contributed by atoms with Gasteiger partial charge in [0.2, 0.25) is 0 Å². The first-order valence-corrected chi connectivity index (χ1v) is 4.62. The number of anilines is 1. The summed E-state index contributed by atoms with van der Waals surface area (Å²) in [5.41, 5.74) is 3.86. The largest absolute Gasteiger partial charge is 0.478 e. The van der Waals surface area contributed by atoms with Crippen molar-refractivity contribution in [1.82, 2.24) is 0 Å². The van der Waals surface area contributed by atoms with E-state index in [2.05, 4.69) is 5.32 Å². The smallest absolute Gasteiger partial charge is 0.338 e. The minimum Gasteiger partial charge on any atom is -0.478 e. The molecule has 0 saturated heterocycles. The number of nitrogens with two attached hydrogens (primary N) is 1. The van der Waals surface area contributed by atoms with E-state index in [4.69, 9.17) is 10.8 Å². The molecule has 0 bridgehead atoms. The maximum atomic E-state index is 13.3. The number of nitrogens with zero attached hydrogens (tertiary/aromatic N) is 1. The lowest BCUT2D eigenvalue weighted by Crippen LogP contribution is -2.15. The van der Waals surface area contributed by atoms with Crippen molar-refractivity contribution in [3.05, 3.63) is 33.6 Å². The van der Waals surface area contributed by atoms with Gasteiger partial charge >= 0.3 is 5.97 Å². The van der Waals surface area contributed by atoms with Gasteiger partial charge in [-0.2, -0.15) is 0 Å². The molecule has 0 atom stereocenters. The van der Waals surface area contributed by atoms with Crippen LogP contribution in [-0.2, 0) is 0 Å². The Bertz CT molecular complexity index is 464. The molecule has 0 aliphatic carbocycles. The van der Waals surface area contributed by atoms with Crippen LogP contribution >= 0.6 is 0 Å². The second kappa shape index (κ2) is 5.21. The van der Waals surface area contributed by atoms with E-state index in [0.717, 1.165) is 6.07 Å². The molecular formula is C9H10FN3O4. The van der Waals surface area contributed by atoms with E-state index in [0.29, 0.717) is 6.07 Å². The van der Waals surface area contributed by atoms with Crippen LogP contribution in [0.3, 0.4) is 0 Å². The van der Waals surface area contributed by atoms with Crippen LogP contribution < -0.4 is 11.1 Å². The summed E-state index contributed by atoms with van der Waals surface area (Å²) in [6, 6.07) is 1.45. The molecule has 1 rings (SSSR count). The summed E-state index contributed by atoms with van der Waals surface area (Å²) in [5, 5.41) is 21.9. The summed E-state index contributed by atoms with van der Waals surface area (Å²) in [5.74, 6) is -2.60. The van der Waals surface area contributed by atoms with Crippen LogP contribution in [0.1, 0.15) is 10.4 Å². The Balaban J connectivity index is 3.25. The van der Waals surface area contributed by atoms with Crippen molar-refractivity contribution >= 4 is 17.3 Å². The lowest BCUT2D eigenvalue weighted by molar-refractivity contribution is -0.384. The third-order valence-electron chi connectivity index (χ3n) is 1.97. The predicted molar refractivity (Wildman–Crippen MR) is 57.6 cm³/mol. The van der Waals surface area contributed by atoms with Gasteiger partial charge in [0, 0.05) is 25.2 Å². The number of aromatic carboxylic acids is 1. The fraction of sp³-hybridized carbons (Fsp3) is 0.222. The van der Waals surface area contributed by atoms with Crippen LogP contribution in [-0.4, -0.2) is 29.1 Å². The molecule has 7 nitrogen and oxygen atoms in total. The van der Waals surface area contributed by atoms with E-state index < -0.39 is 28.0 Å². The summed E-state index contributed by atoms with van der Waals surface area (Å²) in [6.07, 6.45) is 0. The number of benzene rings is 1. The van der Waals surface area contributed by atoms with E-state index >= 15 is 0 Å². The number of nitro groups is 1. The number of carbonyl (C=O) groups is 1. The zero-order chi connectivity index (χ0) is 13.0. The van der Waals surface area contributed by atoms with Crippen molar-refractivity contribution in [3.63, 3.8) is 0 Å². The standard InChI is InChI=1S/C9H10FN3O4/c10-6-4-7(12-2-1-11)8(13(16)17)3-5(6)9(14)15/h3-4,12H,1-2,11H2,(H,14,15). The van der Waals surface area contributed by atoms with Crippen LogP contribution in [0.15, 0.2) is 12.1 Å². The quantitative estimate of drug-likeness (QED) is 0.520. The lowest BCUT2D eigenvalue weighted by Gasteiger charge is -2.07. The number of hydrogen-bond acceptors (Lipinski definition) is 5. The summed E-state index contributed by atoms with van der Waals surface area (Å²) >= 11 is 0. The Morgan fingerprint density at radius 3 is 2.71 bits per heavy atom. The van der Waals surface area contributed by atoms with E-state index in [1.54, 1.807) is 0 Å². The number of hydrogen-bond donors (Lipinski definition) is 3. The topological polar surface area (TPSA) is 118 Å². The van der Waals surface area contributed by atoms with Gasteiger partial charge in [0.25, 0.3) is 5.69 Å². The van der Waals surface area contributed by atoms with Crippen molar-refractivity contribution in [2.75, 3.05) is 18.4 Å². The molecule has 0 unspecified atom stereocenters. The summed E-state index contributed by atoms with van der Waals surface area (Å²) in [7, 11) is 0. The van der Waals surface area contributed by atoms with Gasteiger partial charge in [-0.3, -0.25) is 10.1 Å². The number of carboxylic acids is 1. The lowest BCUT2D eigenvalue weighted by atomic mass is 10.1. The molecule has 0 aromatic heterocycles. The fourth-order valence-corrected chi connectivity index (χ4v) is 1.23. The number of carboxylic acid groups (broad SMARTS) is 1. The highest BCUT2D eigenvalue weighted by Gasteiger charge is 2.21. The molecule has 0 amide bonds. The molecule has 8 heteroatoms. The van der Waals surface area contributed by atoms with E-state index in [-0.39, 0.29) is 18.8 Å². The zero-order valence-corrected chi connectivity index (χ0v) is 8.64. The van der Waals surface area contributed by atoms with Gasteiger partial charge in [0.05, 0.1) is 4.92 Å². The average molecular weight is 243 g/mol. The maximum absolute atomic E-state index is 13.3. The van der Waals surface area contributed by atoms with Crippen molar-refractivity contribution in [1.29, 1.82) is 0 Å². The van der Waals surface area contributed by atoms with E-state index in [1.165, 1.54) is 0 Å². The van der Waals surface area contributed by atoms with Gasteiger partial charge in [-0.05, 0) is 0 Å². The molecule has 0 aliphatic rings. The molecule has 0 spiro atoms. The number of nitrogens with one attached hydrogen (secondary N) is 1. The van der Waals surface area contributed by atoms with E-state index in [9.17, 15) is 19.3 Å². The molecule has 0 saturated carbocycles. The van der Waals surface area contributed by atoms with Crippen molar-refractivity contribution in [2.45, 2.75) is 0 Å². The summed E-state index contributed by atoms with van der Waals surface area (Å²) in [4.78, 5) is 20.5. The maximum Gasteiger partial charge on any atom is 0.338 e.